The zero-order valence-electron chi connectivity index (χ0n) is 37.0. The van der Waals surface area contributed by atoms with Crippen molar-refractivity contribution in [2.75, 3.05) is 40.9 Å². The molecule has 0 bridgehead atoms. The van der Waals surface area contributed by atoms with E-state index in [2.05, 4.69) is 92.1 Å². The average molecular weight is 818 g/mol. The van der Waals surface area contributed by atoms with E-state index < -0.39 is 20.0 Å². The number of nitrogens with one attached hydrogen (secondary N) is 1. The highest BCUT2D eigenvalue weighted by atomic mass is 31.2. The van der Waals surface area contributed by atoms with Crippen LogP contribution < -0.4 is 5.32 Å². The van der Waals surface area contributed by atoms with Gasteiger partial charge in [-0.05, 0) is 77.0 Å². The third kappa shape index (κ3) is 41.6. The summed E-state index contributed by atoms with van der Waals surface area (Å²) in [6.45, 7) is 4.59. The average Bonchev–Trinajstić information content (AvgIpc) is 3.16. The number of nitrogens with zero attached hydrogens (tertiary/aromatic N) is 1. The number of hydrogen-bond donors (Lipinski definition) is 3. The summed E-state index contributed by atoms with van der Waals surface area (Å²) in [5, 5.41) is 13.8. The highest BCUT2D eigenvalue weighted by Crippen LogP contribution is 2.43. The minimum atomic E-state index is -4.35. The number of unbranched alkanes of at least 4 members (excludes halogenated alkanes) is 14. The Hall–Kier alpha value is -2.32. The van der Waals surface area contributed by atoms with Crippen LogP contribution in [0.1, 0.15) is 162 Å². The third-order valence-electron chi connectivity index (χ3n) is 9.33. The van der Waals surface area contributed by atoms with Crippen molar-refractivity contribution in [3.05, 3.63) is 85.1 Å². The standard InChI is InChI=1S/C48H85N2O6P/c1-6-8-10-12-14-16-18-20-21-22-23-24-25-26-27-28-29-30-32-34-36-38-40-42-48(52)49-46(45-56-57(53,54)55-44-43-50(3,4)5)47(51)41-39-37-35-33-31-19-17-15-13-11-9-7-2/h8,10,13-16,20-21,23-24,31,33,39,41,46-47,51H,6-7,9,11-12,17-19,22,25-30,32,34-38,40,42-45H2,1-5H3,(H-,49,52,53,54)/p+1/b10-8-,15-13+,16-14-,21-20-,24-23-,33-31+,41-39+. The van der Waals surface area contributed by atoms with Crippen molar-refractivity contribution in [2.24, 2.45) is 0 Å². The van der Waals surface area contributed by atoms with Crippen LogP contribution in [0, 0.1) is 0 Å². The first-order valence-corrected chi connectivity index (χ1v) is 24.0. The Morgan fingerprint density at radius 1 is 0.614 bits per heavy atom. The lowest BCUT2D eigenvalue weighted by Crippen LogP contribution is -2.45. The SMILES string of the molecule is CC/C=C\C/C=C\C/C=C\C/C=C\CCCCCCCCCCCCC(=O)NC(COP(=O)(O)OCC[N+](C)(C)C)C(O)/C=C/CC/C=C/CC/C=C/CCCC. The van der Waals surface area contributed by atoms with Gasteiger partial charge in [-0.2, -0.15) is 0 Å². The van der Waals surface area contributed by atoms with Gasteiger partial charge >= 0.3 is 7.82 Å². The van der Waals surface area contributed by atoms with E-state index in [0.29, 0.717) is 17.4 Å². The maximum atomic E-state index is 12.9. The first-order chi connectivity index (χ1) is 27.5. The molecular weight excluding hydrogens is 732 g/mol. The molecule has 0 aliphatic heterocycles. The predicted octanol–water partition coefficient (Wildman–Crippen LogP) is 12.6. The predicted molar refractivity (Wildman–Crippen MR) is 244 cm³/mol. The van der Waals surface area contributed by atoms with E-state index in [4.69, 9.17) is 9.05 Å². The number of carbonyl (C=O) groups excluding carboxylic acids is 1. The Bertz CT molecular complexity index is 1200. The van der Waals surface area contributed by atoms with Gasteiger partial charge in [0.1, 0.15) is 13.2 Å². The van der Waals surface area contributed by atoms with E-state index in [1.807, 2.05) is 27.2 Å². The van der Waals surface area contributed by atoms with Gasteiger partial charge in [0.05, 0.1) is 39.9 Å². The van der Waals surface area contributed by atoms with Crippen molar-refractivity contribution < 1.29 is 32.9 Å². The van der Waals surface area contributed by atoms with E-state index in [9.17, 15) is 19.4 Å². The van der Waals surface area contributed by atoms with Crippen molar-refractivity contribution in [3.8, 4) is 0 Å². The minimum Gasteiger partial charge on any atom is -0.387 e. The molecule has 0 rings (SSSR count). The lowest BCUT2D eigenvalue weighted by molar-refractivity contribution is -0.870. The van der Waals surface area contributed by atoms with Crippen LogP contribution in [-0.2, 0) is 18.4 Å². The zero-order chi connectivity index (χ0) is 42.1. The van der Waals surface area contributed by atoms with Gasteiger partial charge < -0.3 is 19.8 Å². The molecule has 0 spiro atoms. The summed E-state index contributed by atoms with van der Waals surface area (Å²) in [6.07, 6.45) is 53.7. The fourth-order valence-corrected chi connectivity index (χ4v) is 6.49. The van der Waals surface area contributed by atoms with E-state index in [1.54, 1.807) is 6.08 Å². The number of hydrogen-bond acceptors (Lipinski definition) is 5. The van der Waals surface area contributed by atoms with E-state index in [1.165, 1.54) is 57.8 Å². The van der Waals surface area contributed by atoms with Crippen molar-refractivity contribution >= 4 is 13.7 Å². The maximum Gasteiger partial charge on any atom is 0.472 e. The molecule has 0 heterocycles. The number of carbonyl (C=O) groups is 1. The zero-order valence-corrected chi connectivity index (χ0v) is 37.9. The van der Waals surface area contributed by atoms with Gasteiger partial charge in [0.15, 0.2) is 0 Å². The second-order valence-electron chi connectivity index (χ2n) is 16.0. The molecule has 0 aliphatic carbocycles. The molecule has 1 amide bonds. The van der Waals surface area contributed by atoms with Gasteiger partial charge in [-0.15, -0.1) is 0 Å². The summed E-state index contributed by atoms with van der Waals surface area (Å²) in [7, 11) is 1.53. The summed E-state index contributed by atoms with van der Waals surface area (Å²) >= 11 is 0. The fourth-order valence-electron chi connectivity index (χ4n) is 5.75. The molecule has 0 aromatic carbocycles. The van der Waals surface area contributed by atoms with Gasteiger partial charge in [0.25, 0.3) is 0 Å². The van der Waals surface area contributed by atoms with E-state index >= 15 is 0 Å². The van der Waals surface area contributed by atoms with Crippen molar-refractivity contribution in [1.82, 2.24) is 5.32 Å². The molecule has 3 atom stereocenters. The lowest BCUT2D eigenvalue weighted by atomic mass is 10.0. The number of amides is 1. The molecule has 328 valence electrons. The third-order valence-corrected chi connectivity index (χ3v) is 10.3. The molecule has 0 saturated carbocycles. The summed E-state index contributed by atoms with van der Waals surface area (Å²) in [5.74, 6) is -0.202. The smallest absolute Gasteiger partial charge is 0.387 e. The molecule has 0 aromatic rings. The summed E-state index contributed by atoms with van der Waals surface area (Å²) in [6, 6.07) is -0.875. The van der Waals surface area contributed by atoms with Crippen LogP contribution >= 0.6 is 7.82 Å². The van der Waals surface area contributed by atoms with Crippen LogP contribution in [0.3, 0.4) is 0 Å². The van der Waals surface area contributed by atoms with Crippen LogP contribution in [-0.4, -0.2) is 73.4 Å². The lowest BCUT2D eigenvalue weighted by Gasteiger charge is -2.25. The Balaban J connectivity index is 4.37. The Morgan fingerprint density at radius 3 is 1.61 bits per heavy atom. The molecule has 0 saturated heterocycles. The van der Waals surface area contributed by atoms with Gasteiger partial charge in [0.2, 0.25) is 5.91 Å². The fraction of sp³-hybridized carbons (Fsp3) is 0.688. The molecule has 9 heteroatoms. The molecule has 57 heavy (non-hydrogen) atoms. The first-order valence-electron chi connectivity index (χ1n) is 22.5. The highest BCUT2D eigenvalue weighted by molar-refractivity contribution is 7.47. The van der Waals surface area contributed by atoms with Gasteiger partial charge in [0, 0.05) is 6.42 Å². The van der Waals surface area contributed by atoms with Crippen molar-refractivity contribution in [3.63, 3.8) is 0 Å². The Kier molecular flexibility index (Phi) is 37.6. The van der Waals surface area contributed by atoms with E-state index in [-0.39, 0.29) is 19.1 Å². The molecule has 8 nitrogen and oxygen atoms in total. The van der Waals surface area contributed by atoms with Crippen LogP contribution in [0.25, 0.3) is 0 Å². The molecule has 0 aliphatic rings. The second-order valence-corrected chi connectivity index (χ2v) is 17.5. The number of quaternary nitrogens is 1. The van der Waals surface area contributed by atoms with Crippen LogP contribution in [0.4, 0.5) is 0 Å². The monoisotopic (exact) mass is 818 g/mol. The number of likely N-dealkylation sites (N-methyl/N-ethyl adjacent to an activating group) is 1. The molecule has 3 N–H and O–H groups in total. The highest BCUT2D eigenvalue weighted by Gasteiger charge is 2.27. The maximum absolute atomic E-state index is 12.9. The number of aliphatic hydroxyl groups is 1. The van der Waals surface area contributed by atoms with Gasteiger partial charge in [-0.1, -0.05) is 163 Å². The van der Waals surface area contributed by atoms with Gasteiger partial charge in [-0.25, -0.2) is 4.57 Å². The minimum absolute atomic E-state index is 0.0483. The quantitative estimate of drug-likeness (QED) is 0.0247. The topological polar surface area (TPSA) is 105 Å². The van der Waals surface area contributed by atoms with Crippen molar-refractivity contribution in [2.45, 2.75) is 174 Å². The summed E-state index contributed by atoms with van der Waals surface area (Å²) < 4.78 is 23.5. The number of rotatable bonds is 39. The van der Waals surface area contributed by atoms with Gasteiger partial charge in [-0.3, -0.25) is 13.8 Å². The molecule has 3 unspecified atom stereocenters. The number of allylic oxidation sites excluding steroid dienone is 13. The van der Waals surface area contributed by atoms with E-state index in [0.717, 1.165) is 83.5 Å². The van der Waals surface area contributed by atoms with Crippen molar-refractivity contribution in [1.29, 1.82) is 0 Å². The Morgan fingerprint density at radius 2 is 1.07 bits per heavy atom. The summed E-state index contributed by atoms with van der Waals surface area (Å²) in [5.41, 5.74) is 0. The van der Waals surface area contributed by atoms with Crippen LogP contribution in [0.15, 0.2) is 85.1 Å². The normalized spacial score (nSPS) is 15.1. The van der Waals surface area contributed by atoms with Crippen LogP contribution in [0.2, 0.25) is 0 Å². The summed E-state index contributed by atoms with van der Waals surface area (Å²) in [4.78, 5) is 23.1. The molecule has 0 aromatic heterocycles. The largest absolute Gasteiger partial charge is 0.472 e. The van der Waals surface area contributed by atoms with Crippen LogP contribution in [0.5, 0.6) is 0 Å². The number of phosphoric acid groups is 1. The number of aliphatic hydroxyl groups excluding tert-OH is 1. The Labute approximate surface area is 350 Å². The molecule has 0 fully saturated rings. The first kappa shape index (κ1) is 54.7. The second kappa shape index (κ2) is 39.2. The molecular formula is C48H86N2O6P+. The number of phosphoric ester groups is 1. The molecule has 0 radical (unpaired) electrons.